The lowest BCUT2D eigenvalue weighted by molar-refractivity contribution is -0.135. The monoisotopic (exact) mass is 312 g/mol. The molecule has 0 aliphatic heterocycles. The highest BCUT2D eigenvalue weighted by atomic mass is 16.2. The molecule has 0 spiro atoms. The van der Waals surface area contributed by atoms with E-state index in [1.54, 1.807) is 0 Å². The number of nitrogens with zero attached hydrogens (tertiary/aromatic N) is 3. The molecule has 1 aliphatic rings. The van der Waals surface area contributed by atoms with Gasteiger partial charge in [-0.25, -0.2) is 4.68 Å². The van der Waals surface area contributed by atoms with Crippen LogP contribution in [0.25, 0.3) is 5.69 Å². The van der Waals surface area contributed by atoms with Crippen molar-refractivity contribution < 1.29 is 4.79 Å². The molecule has 122 valence electrons. The standard InChI is InChI=1S/C18H24N4O/c1-21(18(23)17-9-5-6-15(17)10-19)12-14-11-20-22(13-14)16-7-3-2-4-8-16/h2-4,7-8,11,13,15,17H,5-6,9-10,12,19H2,1H3/t15-,17-/m1/s1. The molecule has 0 bridgehead atoms. The summed E-state index contributed by atoms with van der Waals surface area (Å²) in [5, 5.41) is 4.39. The summed E-state index contributed by atoms with van der Waals surface area (Å²) >= 11 is 0. The summed E-state index contributed by atoms with van der Waals surface area (Å²) in [6.07, 6.45) is 6.96. The maximum atomic E-state index is 12.6. The van der Waals surface area contributed by atoms with Gasteiger partial charge in [-0.1, -0.05) is 24.6 Å². The van der Waals surface area contributed by atoms with E-state index in [4.69, 9.17) is 5.73 Å². The zero-order valence-electron chi connectivity index (χ0n) is 13.6. The van der Waals surface area contributed by atoms with E-state index in [0.29, 0.717) is 19.0 Å². The number of carbonyl (C=O) groups excluding carboxylic acids is 1. The average molecular weight is 312 g/mol. The summed E-state index contributed by atoms with van der Waals surface area (Å²) in [4.78, 5) is 14.4. The van der Waals surface area contributed by atoms with Crippen LogP contribution in [0, 0.1) is 11.8 Å². The lowest BCUT2D eigenvalue weighted by Crippen LogP contribution is -2.36. The van der Waals surface area contributed by atoms with Gasteiger partial charge in [0.05, 0.1) is 11.9 Å². The minimum absolute atomic E-state index is 0.0918. The van der Waals surface area contributed by atoms with E-state index in [1.165, 1.54) is 0 Å². The van der Waals surface area contributed by atoms with Gasteiger partial charge < -0.3 is 10.6 Å². The molecule has 0 radical (unpaired) electrons. The van der Waals surface area contributed by atoms with Crippen LogP contribution in [0.4, 0.5) is 0 Å². The number of carbonyl (C=O) groups is 1. The number of rotatable bonds is 5. The topological polar surface area (TPSA) is 64.2 Å². The van der Waals surface area contributed by atoms with Crippen LogP contribution >= 0.6 is 0 Å². The Kier molecular flexibility index (Phi) is 4.76. The molecule has 2 aromatic rings. The van der Waals surface area contributed by atoms with Crippen LogP contribution in [0.2, 0.25) is 0 Å². The van der Waals surface area contributed by atoms with Gasteiger partial charge in [0.15, 0.2) is 0 Å². The molecule has 1 amide bonds. The number of amides is 1. The first-order valence-corrected chi connectivity index (χ1v) is 8.23. The van der Waals surface area contributed by atoms with Crippen molar-refractivity contribution >= 4 is 5.91 Å². The number of para-hydroxylation sites is 1. The zero-order valence-corrected chi connectivity index (χ0v) is 13.6. The molecule has 1 fully saturated rings. The molecule has 2 N–H and O–H groups in total. The van der Waals surface area contributed by atoms with Crippen molar-refractivity contribution in [2.75, 3.05) is 13.6 Å². The van der Waals surface area contributed by atoms with Crippen molar-refractivity contribution in [3.8, 4) is 5.69 Å². The van der Waals surface area contributed by atoms with E-state index >= 15 is 0 Å². The highest BCUT2D eigenvalue weighted by Crippen LogP contribution is 2.32. The molecular weight excluding hydrogens is 288 g/mol. The highest BCUT2D eigenvalue weighted by Gasteiger charge is 2.33. The molecule has 5 heteroatoms. The van der Waals surface area contributed by atoms with Gasteiger partial charge in [0.2, 0.25) is 5.91 Å². The second-order valence-corrected chi connectivity index (χ2v) is 6.36. The molecule has 1 aromatic heterocycles. The van der Waals surface area contributed by atoms with Crippen molar-refractivity contribution in [3.05, 3.63) is 48.3 Å². The van der Waals surface area contributed by atoms with Crippen LogP contribution in [0.5, 0.6) is 0 Å². The van der Waals surface area contributed by atoms with Gasteiger partial charge in [0.25, 0.3) is 0 Å². The van der Waals surface area contributed by atoms with Crippen molar-refractivity contribution in [1.29, 1.82) is 0 Å². The number of nitrogens with two attached hydrogens (primary N) is 1. The molecule has 3 rings (SSSR count). The van der Waals surface area contributed by atoms with E-state index < -0.39 is 0 Å². The number of aromatic nitrogens is 2. The minimum Gasteiger partial charge on any atom is -0.341 e. The Hall–Kier alpha value is -2.14. The van der Waals surface area contributed by atoms with Crippen LogP contribution in [0.3, 0.4) is 0 Å². The summed E-state index contributed by atoms with van der Waals surface area (Å²) < 4.78 is 1.84. The van der Waals surface area contributed by atoms with Crippen LogP contribution < -0.4 is 5.73 Å². The highest BCUT2D eigenvalue weighted by molar-refractivity contribution is 5.79. The fourth-order valence-electron chi connectivity index (χ4n) is 3.44. The van der Waals surface area contributed by atoms with E-state index in [0.717, 1.165) is 30.5 Å². The summed E-state index contributed by atoms with van der Waals surface area (Å²) in [7, 11) is 1.87. The molecule has 1 heterocycles. The first-order valence-electron chi connectivity index (χ1n) is 8.23. The Morgan fingerprint density at radius 1 is 1.35 bits per heavy atom. The molecule has 0 saturated heterocycles. The summed E-state index contributed by atoms with van der Waals surface area (Å²) in [6.45, 7) is 1.19. The first-order chi connectivity index (χ1) is 11.2. The second kappa shape index (κ2) is 6.96. The first kappa shape index (κ1) is 15.7. The summed E-state index contributed by atoms with van der Waals surface area (Å²) in [5.41, 5.74) is 7.85. The predicted octanol–water partition coefficient (Wildman–Crippen LogP) is 2.21. The summed E-state index contributed by atoms with van der Waals surface area (Å²) in [6, 6.07) is 9.97. The molecule has 23 heavy (non-hydrogen) atoms. The minimum atomic E-state index is 0.0918. The fraction of sp³-hybridized carbons (Fsp3) is 0.444. The van der Waals surface area contributed by atoms with Crippen molar-refractivity contribution in [2.45, 2.75) is 25.8 Å². The number of hydrogen-bond acceptors (Lipinski definition) is 3. The quantitative estimate of drug-likeness (QED) is 0.920. The summed E-state index contributed by atoms with van der Waals surface area (Å²) in [5.74, 6) is 0.650. The normalized spacial score (nSPS) is 20.6. The lowest BCUT2D eigenvalue weighted by Gasteiger charge is -2.24. The predicted molar refractivity (Wildman–Crippen MR) is 89.9 cm³/mol. The van der Waals surface area contributed by atoms with Crippen molar-refractivity contribution in [2.24, 2.45) is 17.6 Å². The Bertz CT molecular complexity index is 652. The maximum absolute atomic E-state index is 12.6. The molecule has 1 aromatic carbocycles. The Morgan fingerprint density at radius 3 is 2.87 bits per heavy atom. The van der Waals surface area contributed by atoms with E-state index in [-0.39, 0.29) is 11.8 Å². The number of benzene rings is 1. The third-order valence-electron chi connectivity index (χ3n) is 4.73. The Labute approximate surface area is 137 Å². The van der Waals surface area contributed by atoms with Gasteiger partial charge >= 0.3 is 0 Å². The lowest BCUT2D eigenvalue weighted by atomic mass is 9.95. The fourth-order valence-corrected chi connectivity index (χ4v) is 3.44. The SMILES string of the molecule is CN(Cc1cnn(-c2ccccc2)c1)C(=O)[C@@H]1CCC[C@@H]1CN. The largest absolute Gasteiger partial charge is 0.341 e. The Morgan fingerprint density at radius 2 is 2.13 bits per heavy atom. The van der Waals surface area contributed by atoms with Gasteiger partial charge in [-0.2, -0.15) is 5.10 Å². The van der Waals surface area contributed by atoms with Gasteiger partial charge in [-0.05, 0) is 37.4 Å². The van der Waals surface area contributed by atoms with Crippen LogP contribution in [0.1, 0.15) is 24.8 Å². The van der Waals surface area contributed by atoms with Crippen molar-refractivity contribution in [1.82, 2.24) is 14.7 Å². The molecule has 1 aliphatic carbocycles. The Balaban J connectivity index is 1.65. The molecule has 0 unspecified atom stereocenters. The van der Waals surface area contributed by atoms with Gasteiger partial charge in [0, 0.05) is 31.3 Å². The third-order valence-corrected chi connectivity index (χ3v) is 4.73. The van der Waals surface area contributed by atoms with Gasteiger partial charge in [-0.15, -0.1) is 0 Å². The van der Waals surface area contributed by atoms with E-state index in [2.05, 4.69) is 5.10 Å². The van der Waals surface area contributed by atoms with Crippen LogP contribution in [0.15, 0.2) is 42.7 Å². The molecule has 1 saturated carbocycles. The molecule has 2 atom stereocenters. The third kappa shape index (κ3) is 3.45. The average Bonchev–Trinajstić information content (AvgIpc) is 3.23. The van der Waals surface area contributed by atoms with Crippen LogP contribution in [-0.4, -0.2) is 34.2 Å². The smallest absolute Gasteiger partial charge is 0.226 e. The van der Waals surface area contributed by atoms with Crippen molar-refractivity contribution in [3.63, 3.8) is 0 Å². The van der Waals surface area contributed by atoms with E-state index in [9.17, 15) is 4.79 Å². The molecular formula is C18H24N4O. The van der Waals surface area contributed by atoms with E-state index in [1.807, 2.05) is 59.4 Å². The molecule has 5 nitrogen and oxygen atoms in total. The van der Waals surface area contributed by atoms with Gasteiger partial charge in [-0.3, -0.25) is 4.79 Å². The maximum Gasteiger partial charge on any atom is 0.226 e. The second-order valence-electron chi connectivity index (χ2n) is 6.36. The zero-order chi connectivity index (χ0) is 16.2. The van der Waals surface area contributed by atoms with Crippen LogP contribution in [-0.2, 0) is 11.3 Å². The van der Waals surface area contributed by atoms with Gasteiger partial charge in [0.1, 0.15) is 0 Å². The number of hydrogen-bond donors (Lipinski definition) is 1.